The quantitative estimate of drug-likeness (QED) is 0.804. The molecule has 0 radical (unpaired) electrons. The van der Waals surface area contributed by atoms with Crippen molar-refractivity contribution >= 4 is 17.2 Å². The average Bonchev–Trinajstić information content (AvgIpc) is 3.34. The first kappa shape index (κ1) is 13.8. The second-order valence-electron chi connectivity index (χ2n) is 5.62. The van der Waals surface area contributed by atoms with E-state index in [1.165, 1.54) is 0 Å². The van der Waals surface area contributed by atoms with Crippen molar-refractivity contribution < 1.29 is 9.53 Å². The summed E-state index contributed by atoms with van der Waals surface area (Å²) in [7, 11) is 1.60. The van der Waals surface area contributed by atoms with E-state index in [0.717, 1.165) is 24.4 Å². The zero-order valence-electron chi connectivity index (χ0n) is 12.7. The van der Waals surface area contributed by atoms with Gasteiger partial charge >= 0.3 is 0 Å². The number of amides is 1. The zero-order valence-corrected chi connectivity index (χ0v) is 12.7. The van der Waals surface area contributed by atoms with Crippen molar-refractivity contribution in [1.82, 2.24) is 14.6 Å². The van der Waals surface area contributed by atoms with Crippen LogP contribution in [-0.2, 0) is 0 Å². The molecule has 0 unspecified atom stereocenters. The van der Waals surface area contributed by atoms with E-state index in [-0.39, 0.29) is 5.91 Å². The van der Waals surface area contributed by atoms with Gasteiger partial charge in [0.15, 0.2) is 11.5 Å². The van der Waals surface area contributed by atoms with Gasteiger partial charge in [0.25, 0.3) is 5.91 Å². The summed E-state index contributed by atoms with van der Waals surface area (Å²) >= 11 is 0. The number of anilines is 1. The zero-order chi connectivity index (χ0) is 15.8. The van der Waals surface area contributed by atoms with Gasteiger partial charge in [-0.2, -0.15) is 5.10 Å². The highest BCUT2D eigenvalue weighted by atomic mass is 16.5. The van der Waals surface area contributed by atoms with Crippen molar-refractivity contribution in [1.29, 1.82) is 0 Å². The van der Waals surface area contributed by atoms with Gasteiger partial charge in [-0.25, -0.2) is 9.50 Å². The number of carbonyl (C=O) groups excluding carboxylic acids is 1. The maximum absolute atomic E-state index is 12.4. The van der Waals surface area contributed by atoms with Crippen LogP contribution in [0.3, 0.4) is 0 Å². The van der Waals surface area contributed by atoms with Crippen molar-refractivity contribution in [3.05, 3.63) is 54.0 Å². The first-order valence-electron chi connectivity index (χ1n) is 7.55. The van der Waals surface area contributed by atoms with E-state index in [1.54, 1.807) is 35.9 Å². The van der Waals surface area contributed by atoms with E-state index in [0.29, 0.717) is 22.8 Å². The second-order valence-corrected chi connectivity index (χ2v) is 5.62. The molecule has 23 heavy (non-hydrogen) atoms. The lowest BCUT2D eigenvalue weighted by molar-refractivity contribution is 0.102. The minimum absolute atomic E-state index is 0.184. The highest BCUT2D eigenvalue weighted by Crippen LogP contribution is 2.38. The van der Waals surface area contributed by atoms with Gasteiger partial charge in [-0.15, -0.1) is 0 Å². The molecule has 6 nitrogen and oxygen atoms in total. The largest absolute Gasteiger partial charge is 0.497 e. The Morgan fingerprint density at radius 3 is 2.74 bits per heavy atom. The summed E-state index contributed by atoms with van der Waals surface area (Å²) in [6, 6.07) is 10.7. The number of benzene rings is 1. The van der Waals surface area contributed by atoms with Crippen molar-refractivity contribution in [2.45, 2.75) is 18.8 Å². The fourth-order valence-corrected chi connectivity index (χ4v) is 2.47. The van der Waals surface area contributed by atoms with Crippen molar-refractivity contribution in [3.63, 3.8) is 0 Å². The molecule has 1 aliphatic rings. The van der Waals surface area contributed by atoms with E-state index < -0.39 is 0 Å². The minimum atomic E-state index is -0.184. The number of methoxy groups -OCH3 is 1. The molecular formula is C17H16N4O2. The lowest BCUT2D eigenvalue weighted by atomic mass is 10.2. The fourth-order valence-electron chi connectivity index (χ4n) is 2.47. The standard InChI is InChI=1S/C17H16N4O2/c1-23-13-8-6-12(7-9-13)17(22)18-14-3-2-10-21-16(14)19-15(20-21)11-4-5-11/h2-3,6-11H,4-5H2,1H3,(H,18,22). The molecule has 6 heteroatoms. The van der Waals surface area contributed by atoms with Crippen LogP contribution in [0.15, 0.2) is 42.6 Å². The molecule has 1 N–H and O–H groups in total. The van der Waals surface area contributed by atoms with Crippen molar-refractivity contribution in [2.24, 2.45) is 0 Å². The van der Waals surface area contributed by atoms with Crippen LogP contribution in [0.25, 0.3) is 5.65 Å². The summed E-state index contributed by atoms with van der Waals surface area (Å²) in [6.45, 7) is 0. The van der Waals surface area contributed by atoms with Crippen LogP contribution in [0.1, 0.15) is 34.9 Å². The van der Waals surface area contributed by atoms with Gasteiger partial charge in [-0.3, -0.25) is 4.79 Å². The smallest absolute Gasteiger partial charge is 0.255 e. The van der Waals surface area contributed by atoms with Crippen molar-refractivity contribution in [3.8, 4) is 5.75 Å². The summed E-state index contributed by atoms with van der Waals surface area (Å²) in [4.78, 5) is 17.0. The molecule has 3 aromatic rings. The number of nitrogens with zero attached hydrogens (tertiary/aromatic N) is 3. The molecule has 1 amide bonds. The number of rotatable bonds is 4. The summed E-state index contributed by atoms with van der Waals surface area (Å²) < 4.78 is 6.82. The normalized spacial score (nSPS) is 14.0. The highest BCUT2D eigenvalue weighted by molar-refractivity contribution is 6.06. The molecular weight excluding hydrogens is 292 g/mol. The van der Waals surface area contributed by atoms with Gasteiger partial charge in [0.05, 0.1) is 12.8 Å². The Morgan fingerprint density at radius 2 is 2.04 bits per heavy atom. The Bertz CT molecular complexity index is 866. The molecule has 1 saturated carbocycles. The Hall–Kier alpha value is -2.89. The molecule has 1 aromatic carbocycles. The van der Waals surface area contributed by atoms with Gasteiger partial charge < -0.3 is 10.1 Å². The minimum Gasteiger partial charge on any atom is -0.497 e. The molecule has 1 fully saturated rings. The topological polar surface area (TPSA) is 68.5 Å². The molecule has 0 spiro atoms. The number of fused-ring (bicyclic) bond motifs is 1. The van der Waals surface area contributed by atoms with Crippen LogP contribution in [0, 0.1) is 0 Å². The Morgan fingerprint density at radius 1 is 1.26 bits per heavy atom. The third-order valence-corrected chi connectivity index (χ3v) is 3.92. The van der Waals surface area contributed by atoms with E-state index in [1.807, 2.05) is 18.3 Å². The fraction of sp³-hybridized carbons (Fsp3) is 0.235. The van der Waals surface area contributed by atoms with Crippen LogP contribution < -0.4 is 10.1 Å². The lowest BCUT2D eigenvalue weighted by Gasteiger charge is -2.06. The number of carbonyl (C=O) groups is 1. The monoisotopic (exact) mass is 308 g/mol. The van der Waals surface area contributed by atoms with Gasteiger partial charge in [-0.1, -0.05) is 0 Å². The molecule has 0 atom stereocenters. The van der Waals surface area contributed by atoms with Crippen LogP contribution in [0.4, 0.5) is 5.69 Å². The third kappa shape index (κ3) is 2.63. The lowest BCUT2D eigenvalue weighted by Crippen LogP contribution is -2.12. The number of ether oxygens (including phenoxy) is 1. The SMILES string of the molecule is COc1ccc(C(=O)Nc2cccn3nc(C4CC4)nc23)cc1. The molecule has 1 aliphatic carbocycles. The van der Waals surface area contributed by atoms with E-state index in [9.17, 15) is 4.79 Å². The second kappa shape index (κ2) is 5.39. The maximum Gasteiger partial charge on any atom is 0.255 e. The predicted octanol–water partition coefficient (Wildman–Crippen LogP) is 2.87. The van der Waals surface area contributed by atoms with Crippen LogP contribution >= 0.6 is 0 Å². The van der Waals surface area contributed by atoms with Crippen LogP contribution in [0.5, 0.6) is 5.75 Å². The predicted molar refractivity (Wildman–Crippen MR) is 85.9 cm³/mol. The number of hydrogen-bond acceptors (Lipinski definition) is 4. The highest BCUT2D eigenvalue weighted by Gasteiger charge is 2.28. The molecule has 116 valence electrons. The van der Waals surface area contributed by atoms with Gasteiger partial charge in [-0.05, 0) is 49.2 Å². The Balaban J connectivity index is 1.62. The van der Waals surface area contributed by atoms with Crippen molar-refractivity contribution in [2.75, 3.05) is 12.4 Å². The van der Waals surface area contributed by atoms with Crippen LogP contribution in [-0.4, -0.2) is 27.6 Å². The number of aromatic nitrogens is 3. The molecule has 2 heterocycles. The van der Waals surface area contributed by atoms with Gasteiger partial charge in [0, 0.05) is 17.7 Å². The molecule has 4 rings (SSSR count). The van der Waals surface area contributed by atoms with Gasteiger partial charge in [0.1, 0.15) is 5.75 Å². The third-order valence-electron chi connectivity index (χ3n) is 3.92. The Labute approximate surface area is 133 Å². The summed E-state index contributed by atoms with van der Waals surface area (Å²) in [5.74, 6) is 1.86. The van der Waals surface area contributed by atoms with E-state index >= 15 is 0 Å². The molecule has 0 aliphatic heterocycles. The number of nitrogens with one attached hydrogen (secondary N) is 1. The molecule has 0 bridgehead atoms. The van der Waals surface area contributed by atoms with Gasteiger partial charge in [0.2, 0.25) is 0 Å². The Kier molecular flexibility index (Phi) is 3.22. The summed E-state index contributed by atoms with van der Waals surface area (Å²) in [5, 5.41) is 7.38. The first-order valence-corrected chi connectivity index (χ1v) is 7.55. The number of hydrogen-bond donors (Lipinski definition) is 1. The number of pyridine rings is 1. The molecule has 0 saturated heterocycles. The summed E-state index contributed by atoms with van der Waals surface area (Å²) in [5.41, 5.74) is 1.90. The maximum atomic E-state index is 12.4. The van der Waals surface area contributed by atoms with E-state index in [2.05, 4.69) is 15.4 Å². The molecule has 2 aromatic heterocycles. The van der Waals surface area contributed by atoms with E-state index in [4.69, 9.17) is 4.74 Å². The first-order chi connectivity index (χ1) is 11.2. The average molecular weight is 308 g/mol. The summed E-state index contributed by atoms with van der Waals surface area (Å²) in [6.07, 6.45) is 4.13. The van der Waals surface area contributed by atoms with Crippen LogP contribution in [0.2, 0.25) is 0 Å².